The highest BCUT2D eigenvalue weighted by molar-refractivity contribution is 6.88. The lowest BCUT2D eigenvalue weighted by atomic mass is 10.1. The van der Waals surface area contributed by atoms with Gasteiger partial charge in [-0.2, -0.15) is 0 Å². The van der Waals surface area contributed by atoms with E-state index in [0.29, 0.717) is 31.3 Å². The lowest BCUT2D eigenvalue weighted by Gasteiger charge is -2.38. The Balaban J connectivity index is 2.28. The van der Waals surface area contributed by atoms with Crippen LogP contribution in [0.1, 0.15) is 70.3 Å². The third kappa shape index (κ3) is 12.1. The van der Waals surface area contributed by atoms with E-state index < -0.39 is 40.6 Å². The number of oxazole rings is 1. The van der Waals surface area contributed by atoms with Crippen LogP contribution in [0.5, 0.6) is 0 Å². The van der Waals surface area contributed by atoms with Crippen LogP contribution in [0.25, 0.3) is 0 Å². The number of likely N-dealkylation sites (tertiary alicyclic amines) is 1. The predicted octanol–water partition coefficient (Wildman–Crippen LogP) is 4.45. The minimum Gasteiger partial charge on any atom is -0.467 e. The summed E-state index contributed by atoms with van der Waals surface area (Å²) in [7, 11) is -3.16. The van der Waals surface area contributed by atoms with Gasteiger partial charge in [0.15, 0.2) is 14.0 Å². The molecule has 1 aliphatic heterocycles. The number of aliphatic hydroxyl groups excluding tert-OH is 1. The van der Waals surface area contributed by atoms with Crippen LogP contribution in [0.3, 0.4) is 0 Å². The molecule has 1 fully saturated rings. The fourth-order valence-electron chi connectivity index (χ4n) is 4.81. The van der Waals surface area contributed by atoms with E-state index in [1.165, 1.54) is 24.2 Å². The van der Waals surface area contributed by atoms with Crippen LogP contribution in [0.4, 0.5) is 0 Å². The zero-order valence-corrected chi connectivity index (χ0v) is 32.1. The second-order valence-electron chi connectivity index (χ2n) is 14.7. The van der Waals surface area contributed by atoms with Gasteiger partial charge in [-0.05, 0) is 44.8 Å². The average molecular weight is 690 g/mol. The molecule has 2 amide bonds. The van der Waals surface area contributed by atoms with Crippen molar-refractivity contribution >= 4 is 45.3 Å². The third-order valence-electron chi connectivity index (χ3n) is 8.32. The summed E-state index contributed by atoms with van der Waals surface area (Å²) in [6.45, 7) is 21.0. The number of carbonyl (C=O) groups is 4. The second-order valence-corrected chi connectivity index (χ2v) is 24.4. The summed E-state index contributed by atoms with van der Waals surface area (Å²) in [6, 6.07) is -0.663. The van der Waals surface area contributed by atoms with Crippen LogP contribution in [0.2, 0.25) is 37.8 Å². The Morgan fingerprint density at radius 2 is 1.81 bits per heavy atom. The predicted molar refractivity (Wildman–Crippen MR) is 188 cm³/mol. The molecule has 0 bridgehead atoms. The van der Waals surface area contributed by atoms with E-state index >= 15 is 0 Å². The van der Waals surface area contributed by atoms with Gasteiger partial charge in [0.1, 0.15) is 25.3 Å². The van der Waals surface area contributed by atoms with Gasteiger partial charge in [0.05, 0.1) is 25.7 Å². The van der Waals surface area contributed by atoms with Crippen molar-refractivity contribution in [3.8, 4) is 0 Å². The molecule has 3 atom stereocenters. The van der Waals surface area contributed by atoms with E-state index in [2.05, 4.69) is 44.2 Å². The summed E-state index contributed by atoms with van der Waals surface area (Å²) < 4.78 is 17.7. The fraction of sp³-hybridized carbons (Fsp3) is 0.618. The van der Waals surface area contributed by atoms with Crippen molar-refractivity contribution in [1.82, 2.24) is 15.2 Å². The number of Topliss-reactive ketones (excluding diaryl/α,β-unsaturated/α-hetero) is 1. The Bertz CT molecular complexity index is 1370. The zero-order valence-electron chi connectivity index (χ0n) is 30.1. The maximum absolute atomic E-state index is 13.7. The van der Waals surface area contributed by atoms with E-state index in [4.69, 9.17) is 13.6 Å². The number of amides is 2. The Morgan fingerprint density at radius 1 is 1.15 bits per heavy atom. The molecule has 2 rings (SSSR count). The highest BCUT2D eigenvalue weighted by Gasteiger charge is 2.41. The van der Waals surface area contributed by atoms with Gasteiger partial charge in [-0.15, -0.1) is 0 Å². The lowest BCUT2D eigenvalue weighted by Crippen LogP contribution is -2.46. The third-order valence-corrected chi connectivity index (χ3v) is 14.5. The van der Waals surface area contributed by atoms with E-state index in [9.17, 15) is 24.3 Å². The molecule has 2 heterocycles. The molecule has 2 N–H and O–H groups in total. The quantitative estimate of drug-likeness (QED) is 0.118. The number of rotatable bonds is 15. The van der Waals surface area contributed by atoms with E-state index in [1.54, 1.807) is 13.0 Å². The van der Waals surface area contributed by atoms with E-state index in [1.807, 2.05) is 38.7 Å². The molecule has 47 heavy (non-hydrogen) atoms. The van der Waals surface area contributed by atoms with E-state index in [0.717, 1.165) is 5.57 Å². The molecule has 0 unspecified atom stereocenters. The largest absolute Gasteiger partial charge is 0.467 e. The molecule has 0 spiro atoms. The summed E-state index contributed by atoms with van der Waals surface area (Å²) >= 11 is 0. The Morgan fingerprint density at radius 3 is 2.38 bits per heavy atom. The SMILES string of the molecule is COC(=O)[C@H]1CCCN1C(=O)c1nc(CC(=O)C[C@@H](/C=C(C)/C=C/CNC(=O)/C=C/[C@@H](C)O)O[Si](C)(C)C(C)(C)C)oc1[Si](C)(C)C. The molecule has 11 nitrogen and oxygen atoms in total. The molecule has 13 heteroatoms. The molecular formula is C34H55N3O8Si2. The number of ketones is 1. The summed E-state index contributed by atoms with van der Waals surface area (Å²) in [5.74, 6) is -1.10. The van der Waals surface area contributed by atoms with Crippen molar-refractivity contribution in [2.45, 2.75) is 116 Å². The minimum atomic E-state index is -2.27. The number of nitrogens with one attached hydrogen (secondary N) is 1. The number of carbonyl (C=O) groups excluding carboxylic acids is 4. The first-order valence-electron chi connectivity index (χ1n) is 16.2. The van der Waals surface area contributed by atoms with Gasteiger partial charge in [0.25, 0.3) is 5.91 Å². The molecule has 1 aromatic heterocycles. The summed E-state index contributed by atoms with van der Waals surface area (Å²) in [5, 5.41) is 12.4. The number of hydrogen-bond donors (Lipinski definition) is 2. The van der Waals surface area contributed by atoms with Crippen molar-refractivity contribution in [2.75, 3.05) is 20.2 Å². The fourth-order valence-corrected chi connectivity index (χ4v) is 7.37. The first-order chi connectivity index (χ1) is 21.7. The van der Waals surface area contributed by atoms with Gasteiger partial charge in [0, 0.05) is 25.6 Å². The Kier molecular flexibility index (Phi) is 14.3. The lowest BCUT2D eigenvalue weighted by molar-refractivity contribution is -0.145. The Hall–Kier alpha value is -3.14. The number of aliphatic hydroxyl groups is 1. The van der Waals surface area contributed by atoms with Gasteiger partial charge >= 0.3 is 5.97 Å². The summed E-state index contributed by atoms with van der Waals surface area (Å²) in [5.41, 5.74) is 1.04. The van der Waals surface area contributed by atoms with Crippen LogP contribution in [0, 0.1) is 0 Å². The number of aromatic nitrogens is 1. The van der Waals surface area contributed by atoms with Crippen LogP contribution in [0.15, 0.2) is 40.4 Å². The topological polar surface area (TPSA) is 148 Å². The van der Waals surface area contributed by atoms with E-state index in [-0.39, 0.29) is 47.1 Å². The van der Waals surface area contributed by atoms with Crippen molar-refractivity contribution in [2.24, 2.45) is 0 Å². The maximum atomic E-state index is 13.7. The summed E-state index contributed by atoms with van der Waals surface area (Å²) in [6.07, 6.45) is 8.27. The van der Waals surface area contributed by atoms with Crippen LogP contribution < -0.4 is 10.7 Å². The number of nitrogens with zero attached hydrogens (tertiary/aromatic N) is 2. The number of ether oxygens (including phenoxy) is 1. The van der Waals surface area contributed by atoms with Crippen LogP contribution >= 0.6 is 0 Å². The molecule has 1 aromatic rings. The molecule has 1 aliphatic rings. The van der Waals surface area contributed by atoms with Gasteiger partial charge in [-0.3, -0.25) is 14.4 Å². The number of methoxy groups -OCH3 is 1. The van der Waals surface area contributed by atoms with Crippen molar-refractivity contribution in [3.05, 3.63) is 47.5 Å². The number of allylic oxidation sites excluding steroid dienone is 2. The van der Waals surface area contributed by atoms with Gasteiger partial charge in [-0.1, -0.05) is 70.3 Å². The van der Waals surface area contributed by atoms with Gasteiger partial charge in [0.2, 0.25) is 11.8 Å². The van der Waals surface area contributed by atoms with Crippen molar-refractivity contribution in [3.63, 3.8) is 0 Å². The van der Waals surface area contributed by atoms with Crippen molar-refractivity contribution in [1.29, 1.82) is 0 Å². The molecule has 0 radical (unpaired) electrons. The monoisotopic (exact) mass is 689 g/mol. The molecular weight excluding hydrogens is 635 g/mol. The van der Waals surface area contributed by atoms with Crippen molar-refractivity contribution < 1.29 is 37.9 Å². The molecule has 0 aromatic carbocycles. The second kappa shape index (κ2) is 16.8. The van der Waals surface area contributed by atoms with Gasteiger partial charge in [-0.25, -0.2) is 9.78 Å². The minimum absolute atomic E-state index is 0.0859. The normalized spacial score (nSPS) is 17.7. The average Bonchev–Trinajstić information content (AvgIpc) is 3.60. The molecule has 0 saturated carbocycles. The number of esters is 1. The van der Waals surface area contributed by atoms with Crippen LogP contribution in [-0.4, -0.2) is 93.4 Å². The maximum Gasteiger partial charge on any atom is 0.328 e. The molecule has 1 saturated heterocycles. The standard InChI is InChI=1S/C34H55N3O8Si2/c1-23(14-12-18-35-28(40)17-16-24(2)38)20-26(45-47(10,11)34(3,4)5)21-25(39)22-29-36-30(33(44-29)46(7,8)9)31(41)37-19-13-15-27(37)32(42)43-6/h12,14,16-17,20,24,26-27,38H,13,15,18-19,21-22H2,1-11H3,(H,35,40)/b14-12+,17-16+,23-20+/t24-,26-,27-/m1/s1. The molecule has 0 aliphatic carbocycles. The summed E-state index contributed by atoms with van der Waals surface area (Å²) in [4.78, 5) is 57.4. The highest BCUT2D eigenvalue weighted by Crippen LogP contribution is 2.38. The number of hydrogen-bond acceptors (Lipinski definition) is 9. The highest BCUT2D eigenvalue weighted by atomic mass is 28.4. The van der Waals surface area contributed by atoms with Crippen LogP contribution in [-0.2, 0) is 30.0 Å². The van der Waals surface area contributed by atoms with Gasteiger partial charge < -0.3 is 28.9 Å². The smallest absolute Gasteiger partial charge is 0.328 e. The molecule has 262 valence electrons. The first kappa shape index (κ1) is 40.0. The zero-order chi connectivity index (χ0) is 35.7. The first-order valence-corrected chi connectivity index (χ1v) is 22.6. The Labute approximate surface area is 282 Å².